The number of aromatic nitrogens is 2. The average Bonchev–Trinajstić information content (AvgIpc) is 2.71. The van der Waals surface area contributed by atoms with Crippen LogP contribution in [0.5, 0.6) is 5.88 Å². The molecule has 168 valence electrons. The van der Waals surface area contributed by atoms with Crippen molar-refractivity contribution < 1.29 is 22.3 Å². The van der Waals surface area contributed by atoms with E-state index in [0.717, 1.165) is 15.4 Å². The second-order valence-electron chi connectivity index (χ2n) is 8.27. The van der Waals surface area contributed by atoms with Gasteiger partial charge in [0.2, 0.25) is 21.9 Å². The van der Waals surface area contributed by atoms with E-state index >= 15 is 0 Å². The van der Waals surface area contributed by atoms with E-state index < -0.39 is 21.4 Å². The van der Waals surface area contributed by atoms with Crippen molar-refractivity contribution in [3.05, 3.63) is 53.0 Å². The molecule has 0 amide bonds. The molecule has 1 aromatic carbocycles. The average molecular weight is 460 g/mol. The molecule has 0 unspecified atom stereocenters. The third-order valence-corrected chi connectivity index (χ3v) is 7.81. The van der Waals surface area contributed by atoms with Gasteiger partial charge >= 0.3 is 0 Å². The molecule has 0 bridgehead atoms. The fourth-order valence-corrected chi connectivity index (χ4v) is 5.43. The summed E-state index contributed by atoms with van der Waals surface area (Å²) in [7, 11) is -2.18. The number of hydrogen-bond donors (Lipinski definition) is 1. The molecule has 1 atom stereocenters. The number of fused-ring (bicyclic) bond motifs is 2. The lowest BCUT2D eigenvalue weighted by atomic mass is 9.71. The van der Waals surface area contributed by atoms with Gasteiger partial charge in [0, 0.05) is 19.4 Å². The highest BCUT2D eigenvalue weighted by molar-refractivity contribution is 7.89. The minimum absolute atomic E-state index is 0.0450. The Morgan fingerprint density at radius 3 is 2.84 bits per heavy atom. The van der Waals surface area contributed by atoms with E-state index in [4.69, 9.17) is 15.2 Å². The van der Waals surface area contributed by atoms with Gasteiger partial charge in [0.05, 0.1) is 38.0 Å². The first-order chi connectivity index (χ1) is 15.3. The van der Waals surface area contributed by atoms with Crippen LogP contribution in [-0.4, -0.2) is 61.3 Å². The van der Waals surface area contributed by atoms with Crippen molar-refractivity contribution in [2.45, 2.75) is 12.0 Å². The van der Waals surface area contributed by atoms with Gasteiger partial charge in [0.15, 0.2) is 5.83 Å². The van der Waals surface area contributed by atoms with Crippen LogP contribution in [0, 0.1) is 5.92 Å². The molecule has 9 nitrogen and oxygen atoms in total. The molecule has 2 N–H and O–H groups in total. The minimum atomic E-state index is -3.56. The Morgan fingerprint density at radius 1 is 1.38 bits per heavy atom. The molecule has 5 rings (SSSR count). The standard InChI is InChI=1S/C21H22FN5O4S/c1-27-20(23)26-21(12-32(27,28)29)6-15-3-2-13(4-16(15)21)5-17(22)18-7-25-19(8-24-18)31-11-14-9-30-10-14/h2-5,7-8,14H,6,9-12H2,1H3,(H2,23,26)/b17-5-/t21-/m0/s1. The van der Waals surface area contributed by atoms with Crippen LogP contribution in [0.25, 0.3) is 11.9 Å². The van der Waals surface area contributed by atoms with Crippen molar-refractivity contribution in [3.63, 3.8) is 0 Å². The topological polar surface area (TPSA) is 120 Å². The molecule has 0 radical (unpaired) electrons. The molecular weight excluding hydrogens is 437 g/mol. The van der Waals surface area contributed by atoms with Crippen LogP contribution in [0.3, 0.4) is 0 Å². The van der Waals surface area contributed by atoms with Gasteiger partial charge in [-0.05, 0) is 28.8 Å². The molecule has 3 heterocycles. The zero-order chi connectivity index (χ0) is 22.5. The monoisotopic (exact) mass is 459 g/mol. The van der Waals surface area contributed by atoms with Crippen LogP contribution in [0.1, 0.15) is 22.4 Å². The molecule has 1 aliphatic carbocycles. The van der Waals surface area contributed by atoms with Crippen LogP contribution in [0.2, 0.25) is 0 Å². The van der Waals surface area contributed by atoms with Gasteiger partial charge in [-0.15, -0.1) is 0 Å². The second kappa shape index (κ2) is 7.52. The normalized spacial score (nSPS) is 24.4. The van der Waals surface area contributed by atoms with Crippen LogP contribution >= 0.6 is 0 Å². The Morgan fingerprint density at radius 2 is 2.19 bits per heavy atom. The van der Waals surface area contributed by atoms with E-state index in [1.165, 1.54) is 25.5 Å². The van der Waals surface area contributed by atoms with Crippen molar-refractivity contribution in [3.8, 4) is 5.88 Å². The number of nitrogens with two attached hydrogens (primary N) is 1. The van der Waals surface area contributed by atoms with Gasteiger partial charge < -0.3 is 15.2 Å². The maximum atomic E-state index is 14.8. The zero-order valence-corrected chi connectivity index (χ0v) is 18.2. The summed E-state index contributed by atoms with van der Waals surface area (Å²) in [5.74, 6) is -0.0956. The Balaban J connectivity index is 1.35. The largest absolute Gasteiger partial charge is 0.476 e. The highest BCUT2D eigenvalue weighted by atomic mass is 32.2. The molecule has 1 spiro atoms. The van der Waals surface area contributed by atoms with E-state index in [1.54, 1.807) is 12.1 Å². The molecule has 1 fully saturated rings. The highest BCUT2D eigenvalue weighted by Gasteiger charge is 2.50. The molecule has 2 aliphatic heterocycles. The summed E-state index contributed by atoms with van der Waals surface area (Å²) < 4.78 is 51.3. The first-order valence-corrected chi connectivity index (χ1v) is 11.7. The summed E-state index contributed by atoms with van der Waals surface area (Å²) >= 11 is 0. The predicted octanol–water partition coefficient (Wildman–Crippen LogP) is 1.31. The lowest BCUT2D eigenvalue weighted by Crippen LogP contribution is -2.55. The molecule has 11 heteroatoms. The third-order valence-electron chi connectivity index (χ3n) is 5.95. The van der Waals surface area contributed by atoms with E-state index in [1.807, 2.05) is 6.07 Å². The van der Waals surface area contributed by atoms with Crippen LogP contribution in [0.15, 0.2) is 35.6 Å². The number of aliphatic imine (C=N–C) groups is 1. The van der Waals surface area contributed by atoms with Gasteiger partial charge in [-0.2, -0.15) is 0 Å². The van der Waals surface area contributed by atoms with Crippen molar-refractivity contribution in [1.82, 2.24) is 14.3 Å². The predicted molar refractivity (Wildman–Crippen MR) is 116 cm³/mol. The van der Waals surface area contributed by atoms with Crippen LogP contribution < -0.4 is 10.5 Å². The van der Waals surface area contributed by atoms with Crippen molar-refractivity contribution in [2.75, 3.05) is 32.6 Å². The lowest BCUT2D eigenvalue weighted by Gasteiger charge is -2.44. The number of nitrogens with zero attached hydrogens (tertiary/aromatic N) is 4. The summed E-state index contributed by atoms with van der Waals surface area (Å²) in [6, 6.07) is 5.37. The van der Waals surface area contributed by atoms with Gasteiger partial charge in [0.25, 0.3) is 0 Å². The summed E-state index contributed by atoms with van der Waals surface area (Å²) in [5.41, 5.74) is 7.28. The molecule has 3 aliphatic rings. The van der Waals surface area contributed by atoms with Crippen LogP contribution in [-0.2, 0) is 26.7 Å². The fourth-order valence-electron chi connectivity index (χ4n) is 3.98. The molecule has 0 saturated carbocycles. The molecular formula is C21H22FN5O4S. The molecule has 2 aromatic rings. The summed E-state index contributed by atoms with van der Waals surface area (Å²) in [6.45, 7) is 1.83. The summed E-state index contributed by atoms with van der Waals surface area (Å²) in [5, 5.41) is 0. The Kier molecular flexibility index (Phi) is 4.90. The summed E-state index contributed by atoms with van der Waals surface area (Å²) in [4.78, 5) is 12.6. The highest BCUT2D eigenvalue weighted by Crippen LogP contribution is 2.46. The van der Waals surface area contributed by atoms with E-state index in [2.05, 4.69) is 15.0 Å². The molecule has 1 saturated heterocycles. The molecule has 1 aromatic heterocycles. The van der Waals surface area contributed by atoms with Gasteiger partial charge in [-0.3, -0.25) is 0 Å². The van der Waals surface area contributed by atoms with E-state index in [9.17, 15) is 12.8 Å². The first-order valence-electron chi connectivity index (χ1n) is 10.1. The number of benzene rings is 1. The first kappa shape index (κ1) is 20.8. The smallest absolute Gasteiger partial charge is 0.239 e. The van der Waals surface area contributed by atoms with Gasteiger partial charge in [0.1, 0.15) is 11.2 Å². The SMILES string of the molecule is CN1C(N)=N[C@@]2(Cc3ccc(/C=C(\F)c4cnc(OCC5COC5)cn4)cc32)CS1(=O)=O. The molecule has 32 heavy (non-hydrogen) atoms. The van der Waals surface area contributed by atoms with Crippen molar-refractivity contribution in [1.29, 1.82) is 0 Å². The Bertz CT molecular complexity index is 1230. The number of sulfonamides is 1. The zero-order valence-electron chi connectivity index (χ0n) is 17.4. The van der Waals surface area contributed by atoms with E-state index in [-0.39, 0.29) is 17.4 Å². The Labute approximate surface area is 184 Å². The minimum Gasteiger partial charge on any atom is -0.476 e. The second-order valence-corrected chi connectivity index (χ2v) is 10.3. The quantitative estimate of drug-likeness (QED) is 0.716. The number of guanidine groups is 1. The number of hydrogen-bond acceptors (Lipinski definition) is 8. The fraction of sp³-hybridized carbons (Fsp3) is 0.381. The maximum absolute atomic E-state index is 14.8. The lowest BCUT2D eigenvalue weighted by molar-refractivity contribution is -0.0514. The Hall–Kier alpha value is -3.05. The van der Waals surface area contributed by atoms with Gasteiger partial charge in [-0.25, -0.2) is 32.1 Å². The maximum Gasteiger partial charge on any atom is 0.239 e. The van der Waals surface area contributed by atoms with Crippen LogP contribution in [0.4, 0.5) is 4.39 Å². The van der Waals surface area contributed by atoms with Crippen molar-refractivity contribution >= 4 is 27.9 Å². The number of halogens is 1. The summed E-state index contributed by atoms with van der Waals surface area (Å²) in [6.07, 6.45) is 4.51. The van der Waals surface area contributed by atoms with Gasteiger partial charge in [-0.1, -0.05) is 12.1 Å². The third kappa shape index (κ3) is 3.61. The van der Waals surface area contributed by atoms with Crippen molar-refractivity contribution in [2.24, 2.45) is 16.6 Å². The number of ether oxygens (including phenoxy) is 2. The van der Waals surface area contributed by atoms with E-state index in [0.29, 0.717) is 43.6 Å². The number of rotatable bonds is 5.